The van der Waals surface area contributed by atoms with Gasteiger partial charge in [-0.25, -0.2) is 4.39 Å². The number of rotatable bonds is 6. The number of ketones is 1. The molecule has 0 spiro atoms. The molecular weight excluding hydrogens is 490 g/mol. The summed E-state index contributed by atoms with van der Waals surface area (Å²) in [5.74, 6) is -2.90. The van der Waals surface area contributed by atoms with Crippen LogP contribution in [0.2, 0.25) is 0 Å². The Morgan fingerprint density at radius 3 is 2.30 bits per heavy atom. The number of aliphatic hydroxyl groups excluding tert-OH is 1. The molecule has 1 aliphatic rings. The number of aliphatic hydroxyl groups is 1. The maximum absolute atomic E-state index is 15.0. The van der Waals surface area contributed by atoms with Crippen molar-refractivity contribution < 1.29 is 37.0 Å². The van der Waals surface area contributed by atoms with Crippen molar-refractivity contribution in [2.75, 3.05) is 11.5 Å². The maximum Gasteiger partial charge on any atom is 0.416 e. The number of ether oxygens (including phenoxy) is 1. The van der Waals surface area contributed by atoms with Gasteiger partial charge in [-0.3, -0.25) is 14.5 Å². The number of halogens is 4. The Hall–Kier alpha value is -4.14. The number of aryl methyl sites for hydroxylation is 1. The monoisotopic (exact) mass is 513 g/mol. The van der Waals surface area contributed by atoms with Gasteiger partial charge in [-0.15, -0.1) is 0 Å². The van der Waals surface area contributed by atoms with Gasteiger partial charge in [-0.05, 0) is 67.4 Å². The van der Waals surface area contributed by atoms with E-state index in [0.29, 0.717) is 17.9 Å². The molecule has 0 aromatic heterocycles. The molecule has 0 radical (unpaired) electrons. The summed E-state index contributed by atoms with van der Waals surface area (Å²) in [4.78, 5) is 27.2. The molecule has 1 fully saturated rings. The summed E-state index contributed by atoms with van der Waals surface area (Å²) in [7, 11) is 0. The lowest BCUT2D eigenvalue weighted by Crippen LogP contribution is -2.30. The minimum absolute atomic E-state index is 0.0538. The van der Waals surface area contributed by atoms with Gasteiger partial charge in [0, 0.05) is 16.8 Å². The topological polar surface area (TPSA) is 66.8 Å². The second-order valence-electron chi connectivity index (χ2n) is 8.56. The van der Waals surface area contributed by atoms with Gasteiger partial charge < -0.3 is 9.84 Å². The molecule has 0 saturated carbocycles. The van der Waals surface area contributed by atoms with E-state index < -0.39 is 41.0 Å². The largest absolute Gasteiger partial charge is 0.507 e. The normalized spacial score (nSPS) is 17.4. The lowest BCUT2D eigenvalue weighted by molar-refractivity contribution is -0.137. The molecule has 0 aliphatic carbocycles. The molecule has 37 heavy (non-hydrogen) atoms. The van der Waals surface area contributed by atoms with E-state index >= 15 is 0 Å². The van der Waals surface area contributed by atoms with E-state index in [9.17, 15) is 32.3 Å². The Kier molecular flexibility index (Phi) is 7.07. The van der Waals surface area contributed by atoms with Crippen LogP contribution in [0.4, 0.5) is 23.2 Å². The highest BCUT2D eigenvalue weighted by Crippen LogP contribution is 2.43. The van der Waals surface area contributed by atoms with E-state index in [1.54, 1.807) is 19.1 Å². The fraction of sp³-hybridized carbons (Fsp3) is 0.214. The third-order valence-electron chi connectivity index (χ3n) is 6.03. The molecular formula is C28H23F4NO4. The van der Waals surface area contributed by atoms with E-state index in [2.05, 4.69) is 0 Å². The fourth-order valence-corrected chi connectivity index (χ4v) is 4.23. The number of hydrogen-bond donors (Lipinski definition) is 1. The molecule has 1 N–H and O–H groups in total. The van der Waals surface area contributed by atoms with Crippen molar-refractivity contribution in [3.8, 4) is 5.75 Å². The quantitative estimate of drug-likeness (QED) is 0.175. The fourth-order valence-electron chi connectivity index (χ4n) is 4.23. The van der Waals surface area contributed by atoms with Crippen LogP contribution in [0.5, 0.6) is 5.75 Å². The first-order valence-electron chi connectivity index (χ1n) is 11.5. The van der Waals surface area contributed by atoms with E-state index in [4.69, 9.17) is 4.74 Å². The van der Waals surface area contributed by atoms with Crippen molar-refractivity contribution in [1.82, 2.24) is 0 Å². The van der Waals surface area contributed by atoms with Gasteiger partial charge in [0.2, 0.25) is 0 Å². The SMILES string of the molecule is CCCOc1ccc(/C(O)=C2\C(=O)C(=O)N(c3ccc(C(F)(F)F)cc3)C2c2ccccc2F)cc1C. The van der Waals surface area contributed by atoms with Gasteiger partial charge in [0.05, 0.1) is 23.8 Å². The first kappa shape index (κ1) is 25.9. The molecule has 1 saturated heterocycles. The van der Waals surface area contributed by atoms with Crippen molar-refractivity contribution in [2.45, 2.75) is 32.5 Å². The summed E-state index contributed by atoms with van der Waals surface area (Å²) in [5.41, 5.74) is -0.609. The summed E-state index contributed by atoms with van der Waals surface area (Å²) in [5, 5.41) is 11.2. The highest BCUT2D eigenvalue weighted by atomic mass is 19.4. The van der Waals surface area contributed by atoms with E-state index in [1.807, 2.05) is 6.92 Å². The number of alkyl halides is 3. The first-order valence-corrected chi connectivity index (χ1v) is 11.5. The van der Waals surface area contributed by atoms with Crippen molar-refractivity contribution in [1.29, 1.82) is 0 Å². The lowest BCUT2D eigenvalue weighted by Gasteiger charge is -2.26. The standard InChI is InChI=1S/C28H23F4NO4/c1-3-14-37-22-13-8-17(15-16(22)2)25(34)23-24(20-6-4-5-7-21(20)29)33(27(36)26(23)35)19-11-9-18(10-12-19)28(30,31)32/h4-13,15,24,34H,3,14H2,1-2H3/b25-23+. The summed E-state index contributed by atoms with van der Waals surface area (Å²) in [6, 6.07) is 12.3. The molecule has 0 bridgehead atoms. The molecule has 1 heterocycles. The molecule has 1 amide bonds. The van der Waals surface area contributed by atoms with Crippen LogP contribution in [-0.2, 0) is 15.8 Å². The summed E-state index contributed by atoms with van der Waals surface area (Å²) >= 11 is 0. The third-order valence-corrected chi connectivity index (χ3v) is 6.03. The minimum atomic E-state index is -4.61. The van der Waals surface area contributed by atoms with Crippen molar-refractivity contribution in [2.24, 2.45) is 0 Å². The van der Waals surface area contributed by atoms with Crippen molar-refractivity contribution in [3.63, 3.8) is 0 Å². The number of Topliss-reactive ketones (excluding diaryl/α,β-unsaturated/α-hetero) is 1. The number of amides is 1. The van der Waals surface area contributed by atoms with Gasteiger partial charge >= 0.3 is 6.18 Å². The Bertz CT molecular complexity index is 1380. The van der Waals surface area contributed by atoms with Crippen LogP contribution < -0.4 is 9.64 Å². The summed E-state index contributed by atoms with van der Waals surface area (Å²) < 4.78 is 59.8. The molecule has 3 aromatic rings. The number of carbonyl (C=O) groups excluding carboxylic acids is 2. The van der Waals surface area contributed by atoms with Gasteiger partial charge in [0.25, 0.3) is 11.7 Å². The van der Waals surface area contributed by atoms with Gasteiger partial charge in [0.1, 0.15) is 17.3 Å². The Morgan fingerprint density at radius 1 is 1.03 bits per heavy atom. The Balaban J connectivity index is 1.87. The average Bonchev–Trinajstić information content (AvgIpc) is 3.12. The van der Waals surface area contributed by atoms with Crippen LogP contribution in [0.1, 0.15) is 41.6 Å². The van der Waals surface area contributed by atoms with Crippen molar-refractivity contribution in [3.05, 3.63) is 100 Å². The second kappa shape index (κ2) is 10.1. The van der Waals surface area contributed by atoms with Crippen LogP contribution in [0.3, 0.4) is 0 Å². The maximum atomic E-state index is 15.0. The van der Waals surface area contributed by atoms with Crippen LogP contribution in [0, 0.1) is 12.7 Å². The smallest absolute Gasteiger partial charge is 0.416 e. The van der Waals surface area contributed by atoms with Gasteiger partial charge in [-0.2, -0.15) is 13.2 Å². The van der Waals surface area contributed by atoms with E-state index in [0.717, 1.165) is 41.7 Å². The van der Waals surface area contributed by atoms with Crippen LogP contribution in [0.15, 0.2) is 72.3 Å². The minimum Gasteiger partial charge on any atom is -0.507 e. The third kappa shape index (κ3) is 4.94. The molecule has 3 aromatic carbocycles. The zero-order valence-electron chi connectivity index (χ0n) is 20.0. The molecule has 9 heteroatoms. The number of nitrogens with zero attached hydrogens (tertiary/aromatic N) is 1. The number of anilines is 1. The zero-order chi connectivity index (χ0) is 26.9. The average molecular weight is 513 g/mol. The van der Waals surface area contributed by atoms with Gasteiger partial charge in [-0.1, -0.05) is 25.1 Å². The van der Waals surface area contributed by atoms with E-state index in [1.165, 1.54) is 24.3 Å². The molecule has 4 rings (SSSR count). The predicted molar refractivity (Wildman–Crippen MR) is 130 cm³/mol. The zero-order valence-corrected chi connectivity index (χ0v) is 20.0. The number of benzene rings is 3. The van der Waals surface area contributed by atoms with Gasteiger partial charge in [0.15, 0.2) is 0 Å². The first-order chi connectivity index (χ1) is 17.5. The molecule has 192 valence electrons. The number of hydrogen-bond acceptors (Lipinski definition) is 4. The molecule has 5 nitrogen and oxygen atoms in total. The summed E-state index contributed by atoms with van der Waals surface area (Å²) in [6.45, 7) is 4.18. The highest BCUT2D eigenvalue weighted by molar-refractivity contribution is 6.51. The second-order valence-corrected chi connectivity index (χ2v) is 8.56. The van der Waals surface area contributed by atoms with E-state index in [-0.39, 0.29) is 22.4 Å². The van der Waals surface area contributed by atoms with Crippen LogP contribution in [0.25, 0.3) is 5.76 Å². The molecule has 1 unspecified atom stereocenters. The van der Waals surface area contributed by atoms with Crippen LogP contribution >= 0.6 is 0 Å². The lowest BCUT2D eigenvalue weighted by atomic mass is 9.94. The van der Waals surface area contributed by atoms with Crippen molar-refractivity contribution >= 4 is 23.1 Å². The Labute approximate surface area is 210 Å². The number of carbonyl (C=O) groups is 2. The molecule has 1 aliphatic heterocycles. The van der Waals surface area contributed by atoms with Crippen LogP contribution in [-0.4, -0.2) is 23.4 Å². The summed E-state index contributed by atoms with van der Waals surface area (Å²) in [6.07, 6.45) is -3.82. The highest BCUT2D eigenvalue weighted by Gasteiger charge is 2.48. The predicted octanol–water partition coefficient (Wildman–Crippen LogP) is 6.57. The molecule has 1 atom stereocenters. The Morgan fingerprint density at radius 2 is 1.70 bits per heavy atom.